The van der Waals surface area contributed by atoms with Crippen LogP contribution in [0.2, 0.25) is 0 Å². The molecule has 0 atom stereocenters. The molecule has 2 N–H and O–H groups in total. The molecule has 39 heavy (non-hydrogen) atoms. The summed E-state index contributed by atoms with van der Waals surface area (Å²) in [6, 6.07) is 10.1. The summed E-state index contributed by atoms with van der Waals surface area (Å²) in [6.07, 6.45) is 9.47. The second kappa shape index (κ2) is 13.6. The number of hydrogen-bond donors (Lipinski definition) is 2. The molecule has 0 aliphatic carbocycles. The standard InChI is InChI=1S/C25H24N6OS.C5H11N/c1-3-7-18-20-22(25(32)30-15-28-20)31(21(18)23-16(4-2)10-13-33-23)12-11-26-24-17-8-5-6-9-19(17)27-14-29-24;1-3-5-6-4-2/h3,5-6,8-10,13-15H,1,4,7,11-12H2,2H3,(H,26,27,29)(H,28,30,32);5H,3-4H2,1-2H3. The molecule has 0 saturated heterocycles. The smallest absolute Gasteiger partial charge is 0.275 e. The van der Waals surface area contributed by atoms with E-state index in [1.807, 2.05) is 43.5 Å². The predicted molar refractivity (Wildman–Crippen MR) is 164 cm³/mol. The summed E-state index contributed by atoms with van der Waals surface area (Å²) in [6.45, 7) is 12.3. The molecule has 4 aromatic heterocycles. The number of para-hydroxylation sites is 1. The number of nitrogens with one attached hydrogen (secondary N) is 2. The molecule has 0 bridgehead atoms. The lowest BCUT2D eigenvalue weighted by molar-refractivity contribution is 0.756. The van der Waals surface area contributed by atoms with Crippen LogP contribution in [0.5, 0.6) is 0 Å². The van der Waals surface area contributed by atoms with Gasteiger partial charge in [0.25, 0.3) is 5.56 Å². The molecule has 5 rings (SSSR count). The number of aromatic amines is 1. The molecule has 0 radical (unpaired) electrons. The number of nitrogens with zero attached hydrogens (tertiary/aromatic N) is 5. The number of rotatable bonds is 10. The molecule has 202 valence electrons. The van der Waals surface area contributed by atoms with Crippen LogP contribution in [0.25, 0.3) is 32.5 Å². The Balaban J connectivity index is 0.000000531. The maximum atomic E-state index is 12.9. The fourth-order valence-electron chi connectivity index (χ4n) is 4.58. The van der Waals surface area contributed by atoms with Crippen molar-refractivity contribution in [2.75, 3.05) is 18.4 Å². The van der Waals surface area contributed by atoms with Crippen molar-refractivity contribution in [2.45, 2.75) is 46.6 Å². The maximum absolute atomic E-state index is 12.9. The molecule has 0 aliphatic rings. The number of anilines is 1. The van der Waals surface area contributed by atoms with E-state index in [1.165, 1.54) is 16.8 Å². The highest BCUT2D eigenvalue weighted by atomic mass is 32.1. The Bertz CT molecular complexity index is 1620. The molecule has 0 saturated carbocycles. The lowest BCUT2D eigenvalue weighted by Gasteiger charge is -2.14. The lowest BCUT2D eigenvalue weighted by Crippen LogP contribution is -2.17. The zero-order chi connectivity index (χ0) is 27.6. The largest absolute Gasteiger partial charge is 0.368 e. The first-order valence-electron chi connectivity index (χ1n) is 13.3. The molecule has 5 aromatic rings. The number of fused-ring (bicyclic) bond motifs is 2. The molecular formula is C30H35N7OS. The van der Waals surface area contributed by atoms with Gasteiger partial charge in [-0.05, 0) is 61.5 Å². The Morgan fingerprint density at radius 2 is 2.00 bits per heavy atom. The van der Waals surface area contributed by atoms with E-state index in [4.69, 9.17) is 0 Å². The lowest BCUT2D eigenvalue weighted by atomic mass is 10.1. The van der Waals surface area contributed by atoms with Crippen molar-refractivity contribution < 1.29 is 0 Å². The Morgan fingerprint density at radius 3 is 2.74 bits per heavy atom. The minimum atomic E-state index is -0.140. The first-order chi connectivity index (χ1) is 19.1. The highest BCUT2D eigenvalue weighted by molar-refractivity contribution is 7.13. The van der Waals surface area contributed by atoms with Gasteiger partial charge in [0, 0.05) is 30.6 Å². The van der Waals surface area contributed by atoms with Crippen LogP contribution in [-0.2, 0) is 19.4 Å². The second-order valence-corrected chi connectivity index (χ2v) is 9.70. The molecule has 0 amide bonds. The summed E-state index contributed by atoms with van der Waals surface area (Å²) in [5, 5.41) is 6.52. The van der Waals surface area contributed by atoms with Crippen molar-refractivity contribution in [2.24, 2.45) is 4.99 Å². The summed E-state index contributed by atoms with van der Waals surface area (Å²) < 4.78 is 2.10. The van der Waals surface area contributed by atoms with Gasteiger partial charge in [0.15, 0.2) is 0 Å². The number of hydrogen-bond acceptors (Lipinski definition) is 7. The van der Waals surface area contributed by atoms with Gasteiger partial charge in [-0.1, -0.05) is 32.1 Å². The van der Waals surface area contributed by atoms with E-state index >= 15 is 0 Å². The van der Waals surface area contributed by atoms with Crippen LogP contribution in [0.15, 0.2) is 70.8 Å². The quantitative estimate of drug-likeness (QED) is 0.160. The average Bonchev–Trinajstić information content (AvgIpc) is 3.55. The Morgan fingerprint density at radius 1 is 1.15 bits per heavy atom. The number of aromatic nitrogens is 5. The monoisotopic (exact) mass is 541 g/mol. The first-order valence-corrected chi connectivity index (χ1v) is 14.2. The summed E-state index contributed by atoms with van der Waals surface area (Å²) in [5.41, 5.74) is 5.43. The number of aryl methyl sites for hydroxylation is 1. The molecule has 4 heterocycles. The van der Waals surface area contributed by atoms with Crippen LogP contribution in [0.4, 0.5) is 5.82 Å². The van der Waals surface area contributed by atoms with E-state index in [1.54, 1.807) is 17.7 Å². The SMILES string of the molecule is C=CCc1c(-c2sccc2CC)n(CCNc2ncnc3ccccc23)c2c(=O)[nH]cnc12.CCC=NCC. The summed E-state index contributed by atoms with van der Waals surface area (Å²) in [7, 11) is 0. The Hall–Kier alpha value is -4.11. The minimum absolute atomic E-state index is 0.140. The minimum Gasteiger partial charge on any atom is -0.368 e. The number of H-pyrrole nitrogens is 1. The zero-order valence-corrected chi connectivity index (χ0v) is 23.6. The molecular weight excluding hydrogens is 506 g/mol. The number of thiophene rings is 1. The summed E-state index contributed by atoms with van der Waals surface area (Å²) in [4.78, 5) is 34.1. The molecule has 8 nitrogen and oxygen atoms in total. The van der Waals surface area contributed by atoms with Crippen molar-refractivity contribution in [3.63, 3.8) is 0 Å². The molecule has 1 aromatic carbocycles. The predicted octanol–water partition coefficient (Wildman–Crippen LogP) is 6.29. The Kier molecular flexibility index (Phi) is 9.74. The first kappa shape index (κ1) is 27.9. The third-order valence-corrected chi connectivity index (χ3v) is 7.26. The molecule has 0 spiro atoms. The zero-order valence-electron chi connectivity index (χ0n) is 22.8. The summed E-state index contributed by atoms with van der Waals surface area (Å²) in [5.74, 6) is 0.780. The fourth-order valence-corrected chi connectivity index (χ4v) is 5.66. The molecule has 9 heteroatoms. The number of benzene rings is 1. The van der Waals surface area contributed by atoms with E-state index < -0.39 is 0 Å². The van der Waals surface area contributed by atoms with E-state index in [9.17, 15) is 4.79 Å². The fraction of sp³-hybridized carbons (Fsp3) is 0.300. The van der Waals surface area contributed by atoms with E-state index in [2.05, 4.69) is 66.7 Å². The van der Waals surface area contributed by atoms with E-state index in [0.29, 0.717) is 25.0 Å². The number of aliphatic imine (C=N–C) groups is 1. The van der Waals surface area contributed by atoms with Crippen molar-refractivity contribution in [1.29, 1.82) is 0 Å². The van der Waals surface area contributed by atoms with Crippen molar-refractivity contribution in [3.05, 3.63) is 82.5 Å². The van der Waals surface area contributed by atoms with Gasteiger partial charge in [-0.3, -0.25) is 9.79 Å². The van der Waals surface area contributed by atoms with Gasteiger partial charge in [-0.15, -0.1) is 17.9 Å². The second-order valence-electron chi connectivity index (χ2n) is 8.78. The van der Waals surface area contributed by atoms with Gasteiger partial charge in [-0.25, -0.2) is 15.0 Å². The highest BCUT2D eigenvalue weighted by Gasteiger charge is 2.23. The molecule has 0 unspecified atom stereocenters. The topological polar surface area (TPSA) is 101 Å². The van der Waals surface area contributed by atoms with Crippen LogP contribution >= 0.6 is 11.3 Å². The van der Waals surface area contributed by atoms with Gasteiger partial charge < -0.3 is 14.9 Å². The van der Waals surface area contributed by atoms with Crippen LogP contribution in [0.1, 0.15) is 38.3 Å². The van der Waals surface area contributed by atoms with Gasteiger partial charge in [0.05, 0.1) is 27.9 Å². The normalized spacial score (nSPS) is 11.2. The van der Waals surface area contributed by atoms with Crippen LogP contribution in [0.3, 0.4) is 0 Å². The van der Waals surface area contributed by atoms with Crippen LogP contribution in [0, 0.1) is 0 Å². The third-order valence-electron chi connectivity index (χ3n) is 6.30. The van der Waals surface area contributed by atoms with Gasteiger partial charge in [0.2, 0.25) is 0 Å². The maximum Gasteiger partial charge on any atom is 0.275 e. The van der Waals surface area contributed by atoms with Gasteiger partial charge in [0.1, 0.15) is 17.7 Å². The van der Waals surface area contributed by atoms with Crippen molar-refractivity contribution in [1.82, 2.24) is 24.5 Å². The molecule has 0 aliphatic heterocycles. The van der Waals surface area contributed by atoms with E-state index in [0.717, 1.165) is 52.9 Å². The van der Waals surface area contributed by atoms with Crippen molar-refractivity contribution in [3.8, 4) is 10.6 Å². The van der Waals surface area contributed by atoms with Crippen molar-refractivity contribution >= 4 is 45.3 Å². The van der Waals surface area contributed by atoms with Crippen LogP contribution in [-0.4, -0.2) is 43.8 Å². The average molecular weight is 542 g/mol. The highest BCUT2D eigenvalue weighted by Crippen LogP contribution is 2.37. The van der Waals surface area contributed by atoms with Gasteiger partial charge in [-0.2, -0.15) is 0 Å². The van der Waals surface area contributed by atoms with E-state index in [-0.39, 0.29) is 5.56 Å². The van der Waals surface area contributed by atoms with Crippen LogP contribution < -0.4 is 10.9 Å². The third kappa shape index (κ3) is 6.15. The van der Waals surface area contributed by atoms with Gasteiger partial charge >= 0.3 is 0 Å². The number of allylic oxidation sites excluding steroid dienone is 1. The summed E-state index contributed by atoms with van der Waals surface area (Å²) >= 11 is 1.70. The Labute approximate surface area is 232 Å². The molecule has 0 fully saturated rings.